The van der Waals surface area contributed by atoms with Crippen molar-refractivity contribution in [1.29, 1.82) is 0 Å². The maximum Gasteiger partial charge on any atom is 0.348 e. The summed E-state index contributed by atoms with van der Waals surface area (Å²) in [5.74, 6) is -3.17. The maximum atomic E-state index is 13.3. The number of nitrogens with zero attached hydrogens (tertiary/aromatic N) is 4. The Morgan fingerprint density at radius 3 is 2.23 bits per heavy atom. The molecule has 16 nitrogen and oxygen atoms in total. The van der Waals surface area contributed by atoms with Gasteiger partial charge in [0.2, 0.25) is 5.82 Å². The van der Waals surface area contributed by atoms with E-state index in [-0.39, 0.29) is 48.4 Å². The second-order valence-corrected chi connectivity index (χ2v) is 9.72. The van der Waals surface area contributed by atoms with E-state index in [1.165, 1.54) is 6.92 Å². The van der Waals surface area contributed by atoms with E-state index in [2.05, 4.69) is 20.3 Å². The Bertz CT molecular complexity index is 1300. The number of halogens is 1. The monoisotopic (exact) mass is 573 g/mol. The predicted molar refractivity (Wildman–Crippen MR) is 129 cm³/mol. The highest BCUT2D eigenvalue weighted by Crippen LogP contribution is 2.37. The number of aromatic amines is 1. The fraction of sp³-hybridized carbons (Fsp3) is 0.591. The minimum Gasteiger partial charge on any atom is -1.00 e. The zero-order chi connectivity index (χ0) is 28.4. The van der Waals surface area contributed by atoms with Crippen LogP contribution >= 0.6 is 0 Å². The fourth-order valence-corrected chi connectivity index (χ4v) is 3.90. The van der Waals surface area contributed by atoms with Gasteiger partial charge in [0.25, 0.3) is 5.91 Å². The van der Waals surface area contributed by atoms with Crippen LogP contribution in [0.2, 0.25) is 0 Å². The highest BCUT2D eigenvalue weighted by atomic mass is 35.5. The summed E-state index contributed by atoms with van der Waals surface area (Å²) in [6, 6.07) is 0. The maximum absolute atomic E-state index is 13.3. The number of likely N-dealkylation sites (N-methyl/N-ethyl adjacent to an activating group) is 1. The van der Waals surface area contributed by atoms with Gasteiger partial charge in [-0.3, -0.25) is 28.7 Å². The second-order valence-electron chi connectivity index (χ2n) is 9.72. The smallest absolute Gasteiger partial charge is 0.348 e. The van der Waals surface area contributed by atoms with Crippen molar-refractivity contribution in [2.45, 2.75) is 45.3 Å². The average Bonchev–Trinajstić information content (AvgIpc) is 3.29. The van der Waals surface area contributed by atoms with Crippen LogP contribution in [0.15, 0.2) is 4.79 Å². The summed E-state index contributed by atoms with van der Waals surface area (Å²) in [6.45, 7) is 3.94. The van der Waals surface area contributed by atoms with Crippen LogP contribution in [0.3, 0.4) is 0 Å². The molecule has 0 spiro atoms. The quantitative estimate of drug-likeness (QED) is 0.147. The molecular weight excluding hydrogens is 542 g/mol. The number of quaternary nitrogens is 1. The first-order valence-electron chi connectivity index (χ1n) is 11.7. The van der Waals surface area contributed by atoms with Gasteiger partial charge in [-0.2, -0.15) is 4.98 Å². The predicted octanol–water partition coefficient (Wildman–Crippen LogP) is -4.53. The summed E-state index contributed by atoms with van der Waals surface area (Å²) in [5, 5.41) is 2.75. The number of hydrogen-bond acceptors (Lipinski definition) is 12. The van der Waals surface area contributed by atoms with Crippen LogP contribution in [-0.2, 0) is 33.3 Å². The van der Waals surface area contributed by atoms with E-state index in [1.54, 1.807) is 0 Å². The molecule has 17 heteroatoms. The summed E-state index contributed by atoms with van der Waals surface area (Å²) in [7, 11) is 5.85. The zero-order valence-electron chi connectivity index (χ0n) is 22.3. The minimum absolute atomic E-state index is 0. The first kappa shape index (κ1) is 31.5. The summed E-state index contributed by atoms with van der Waals surface area (Å²) in [4.78, 5) is 71.4. The first-order valence-corrected chi connectivity index (χ1v) is 11.7. The lowest BCUT2D eigenvalue weighted by molar-refractivity contribution is -0.869. The molecule has 1 saturated heterocycles. The Labute approximate surface area is 229 Å². The summed E-state index contributed by atoms with van der Waals surface area (Å²) in [6.07, 6.45) is -5.06. The number of nitrogen functional groups attached to an aromatic ring is 1. The van der Waals surface area contributed by atoms with Crippen LogP contribution in [0, 0.1) is 0 Å². The number of nitrogens with two attached hydrogens (primary N) is 1. The normalized spacial score (nSPS) is 20.7. The van der Waals surface area contributed by atoms with Crippen LogP contribution in [0.4, 0.5) is 5.82 Å². The number of fused-ring (bicyclic) bond motifs is 1. The van der Waals surface area contributed by atoms with Crippen molar-refractivity contribution in [2.75, 3.05) is 46.6 Å². The van der Waals surface area contributed by atoms with E-state index in [4.69, 9.17) is 24.7 Å². The van der Waals surface area contributed by atoms with Gasteiger partial charge in [-0.1, -0.05) is 0 Å². The van der Waals surface area contributed by atoms with E-state index >= 15 is 0 Å². The number of carbonyl (C=O) groups excluding carboxylic acids is 4. The number of amides is 1. The highest BCUT2D eigenvalue weighted by Gasteiger charge is 2.52. The molecule has 1 fully saturated rings. The lowest BCUT2D eigenvalue weighted by Gasteiger charge is -2.25. The minimum atomic E-state index is -1.37. The molecule has 3 rings (SSSR count). The number of hydrogen-bond donors (Lipinski definition) is 3. The number of nitrogens with one attached hydrogen (secondary N) is 2. The van der Waals surface area contributed by atoms with Gasteiger partial charge in [0, 0.05) is 20.8 Å². The van der Waals surface area contributed by atoms with Crippen molar-refractivity contribution in [3.05, 3.63) is 16.3 Å². The third-order valence-corrected chi connectivity index (χ3v) is 5.46. The topological polar surface area (TPSA) is 207 Å². The summed E-state index contributed by atoms with van der Waals surface area (Å²) in [5.41, 5.74) is 4.97. The van der Waals surface area contributed by atoms with Gasteiger partial charge >= 0.3 is 23.6 Å². The number of esters is 3. The van der Waals surface area contributed by atoms with Crippen LogP contribution in [0.25, 0.3) is 11.2 Å². The molecule has 3 heterocycles. The number of carbonyl (C=O) groups is 4. The third-order valence-electron chi connectivity index (χ3n) is 5.46. The third kappa shape index (κ3) is 7.64. The van der Waals surface area contributed by atoms with Gasteiger partial charge in [-0.15, -0.1) is 0 Å². The molecule has 1 aliphatic heterocycles. The van der Waals surface area contributed by atoms with Gasteiger partial charge < -0.3 is 46.9 Å². The molecule has 4 atom stereocenters. The van der Waals surface area contributed by atoms with Crippen molar-refractivity contribution in [1.82, 2.24) is 24.8 Å². The van der Waals surface area contributed by atoms with Gasteiger partial charge in [-0.25, -0.2) is 9.78 Å². The summed E-state index contributed by atoms with van der Waals surface area (Å²) < 4.78 is 23.6. The molecule has 0 unspecified atom stereocenters. The molecule has 2 aromatic rings. The molecule has 4 N–H and O–H groups in total. The van der Waals surface area contributed by atoms with Crippen molar-refractivity contribution in [3.63, 3.8) is 0 Å². The molecule has 0 saturated carbocycles. The number of rotatable bonds is 9. The molecular formula is C22H32ClN7O9. The van der Waals surface area contributed by atoms with Crippen LogP contribution in [0.5, 0.6) is 0 Å². The summed E-state index contributed by atoms with van der Waals surface area (Å²) >= 11 is 0. The zero-order valence-corrected chi connectivity index (χ0v) is 23.1. The first-order chi connectivity index (χ1) is 17.7. The van der Waals surface area contributed by atoms with Gasteiger partial charge in [0.05, 0.1) is 34.2 Å². The molecule has 0 aliphatic carbocycles. The lowest BCUT2D eigenvalue weighted by Crippen LogP contribution is -3.00. The van der Waals surface area contributed by atoms with Gasteiger partial charge in [-0.05, 0) is 0 Å². The molecule has 0 radical (unpaired) electrons. The number of ether oxygens (including phenoxy) is 4. The SMILES string of the molecule is CC(=O)OC[C@H]1O[C@@H](n2c(C(=O)NCC[N+](C)(C)C)nc3c(N)[nH]c(=O)nc32)[C@H](OC(C)=O)[C@@H]1OC(C)=O.[Cl-]. The van der Waals surface area contributed by atoms with Crippen LogP contribution in [0.1, 0.15) is 37.6 Å². The van der Waals surface area contributed by atoms with E-state index in [9.17, 15) is 24.0 Å². The van der Waals surface area contributed by atoms with E-state index in [1.807, 2.05) is 21.1 Å². The Balaban J connectivity index is 0.00000533. The molecule has 0 bridgehead atoms. The Morgan fingerprint density at radius 1 is 1.05 bits per heavy atom. The number of anilines is 1. The average molecular weight is 574 g/mol. The fourth-order valence-electron chi connectivity index (χ4n) is 3.90. The number of imidazole rings is 1. The lowest BCUT2D eigenvalue weighted by atomic mass is 10.1. The van der Waals surface area contributed by atoms with Crippen LogP contribution in [-0.4, -0.2) is 107 Å². The molecule has 2 aromatic heterocycles. The van der Waals surface area contributed by atoms with Crippen molar-refractivity contribution >= 4 is 40.8 Å². The largest absolute Gasteiger partial charge is 1.00 e. The second kappa shape index (κ2) is 12.4. The van der Waals surface area contributed by atoms with E-state index in [0.29, 0.717) is 11.0 Å². The Morgan fingerprint density at radius 2 is 1.67 bits per heavy atom. The Hall–Kier alpha value is -3.76. The molecule has 216 valence electrons. The van der Waals surface area contributed by atoms with Gasteiger partial charge in [0.1, 0.15) is 24.0 Å². The standard InChI is InChI=1S/C22H31N7O9.ClH/c1-10(30)35-9-13-15(36-11(2)31)16(37-12(3)32)21(38-13)28-18-14(17(23)26-22(34)27-18)25-19(28)20(33)24-7-8-29(4,5)6;/h13,15-16,21H,7-9H2,1-6H3,(H3-,23,24,26,27,33,34);1H/t13-,15-,16-,21-;/m1./s1. The molecule has 1 aliphatic rings. The van der Waals surface area contributed by atoms with Crippen molar-refractivity contribution in [2.24, 2.45) is 0 Å². The number of aromatic nitrogens is 4. The molecule has 1 amide bonds. The van der Waals surface area contributed by atoms with Crippen molar-refractivity contribution < 1.29 is 55.0 Å². The van der Waals surface area contributed by atoms with Crippen molar-refractivity contribution in [3.8, 4) is 0 Å². The molecule has 39 heavy (non-hydrogen) atoms. The van der Waals surface area contributed by atoms with E-state index < -0.39 is 54.0 Å². The van der Waals surface area contributed by atoms with Crippen LogP contribution < -0.4 is 29.1 Å². The van der Waals surface area contributed by atoms with Gasteiger partial charge in [0.15, 0.2) is 24.1 Å². The Kier molecular flexibility index (Phi) is 10.0. The van der Waals surface area contributed by atoms with E-state index in [0.717, 1.165) is 18.4 Å². The number of H-pyrrole nitrogens is 1. The molecule has 0 aromatic carbocycles. The highest BCUT2D eigenvalue weighted by molar-refractivity contribution is 5.96.